The molecule has 0 N–H and O–H groups in total. The first kappa shape index (κ1) is 9.38. The molecule has 0 aliphatic carbocycles. The van der Waals surface area contributed by atoms with Crippen LogP contribution in [0.5, 0.6) is 0 Å². The van der Waals surface area contributed by atoms with Crippen LogP contribution in [0.2, 0.25) is 0 Å². The maximum Gasteiger partial charge on any atom is 0.139 e. The molecule has 0 aromatic heterocycles. The molecule has 4 heteroatoms. The zero-order valence-electron chi connectivity index (χ0n) is 5.37. The van der Waals surface area contributed by atoms with E-state index in [9.17, 15) is 8.78 Å². The third-order valence-electron chi connectivity index (χ3n) is 1.21. The Balaban J connectivity index is 3.24. The zero-order chi connectivity index (χ0) is 8.43. The number of rotatable bonds is 1. The Morgan fingerprint density at radius 2 is 2.00 bits per heavy atom. The van der Waals surface area contributed by atoms with Crippen molar-refractivity contribution in [2.75, 3.05) is 0 Å². The molecule has 0 heterocycles. The standard InChI is InChI=1S/C7H4BrF2I/c8-3-4-1-5(9)2-6(10)7(4)11/h1-2H,3H2. The number of benzene rings is 1. The predicted octanol–water partition coefficient (Wildman–Crippen LogP) is 3.46. The van der Waals surface area contributed by atoms with Gasteiger partial charge in [0.1, 0.15) is 11.6 Å². The molecule has 0 spiro atoms. The molecule has 0 aliphatic heterocycles. The largest absolute Gasteiger partial charge is 0.207 e. The Morgan fingerprint density at radius 3 is 2.55 bits per heavy atom. The van der Waals surface area contributed by atoms with Crippen molar-refractivity contribution < 1.29 is 8.78 Å². The summed E-state index contributed by atoms with van der Waals surface area (Å²) in [6.07, 6.45) is 0. The van der Waals surface area contributed by atoms with Crippen molar-refractivity contribution in [3.63, 3.8) is 0 Å². The van der Waals surface area contributed by atoms with Crippen molar-refractivity contribution >= 4 is 38.5 Å². The van der Waals surface area contributed by atoms with Gasteiger partial charge in [0, 0.05) is 11.4 Å². The number of alkyl halides is 1. The summed E-state index contributed by atoms with van der Waals surface area (Å²) in [4.78, 5) is 0. The van der Waals surface area contributed by atoms with Crippen LogP contribution in [0.3, 0.4) is 0 Å². The van der Waals surface area contributed by atoms with E-state index in [0.717, 1.165) is 6.07 Å². The molecule has 1 rings (SSSR count). The quantitative estimate of drug-likeness (QED) is 0.420. The molecule has 11 heavy (non-hydrogen) atoms. The van der Waals surface area contributed by atoms with Crippen LogP contribution in [0.4, 0.5) is 8.78 Å². The molecular weight excluding hydrogens is 329 g/mol. The van der Waals surface area contributed by atoms with E-state index in [1.54, 1.807) is 0 Å². The van der Waals surface area contributed by atoms with Gasteiger partial charge in [-0.25, -0.2) is 8.78 Å². The van der Waals surface area contributed by atoms with Gasteiger partial charge in [0.25, 0.3) is 0 Å². The van der Waals surface area contributed by atoms with Crippen molar-refractivity contribution in [1.82, 2.24) is 0 Å². The van der Waals surface area contributed by atoms with Crippen LogP contribution in [0.1, 0.15) is 5.56 Å². The van der Waals surface area contributed by atoms with Crippen LogP contribution in [-0.2, 0) is 5.33 Å². The van der Waals surface area contributed by atoms with Crippen molar-refractivity contribution in [3.8, 4) is 0 Å². The van der Waals surface area contributed by atoms with Gasteiger partial charge in [0.15, 0.2) is 0 Å². The molecule has 0 saturated heterocycles. The van der Waals surface area contributed by atoms with E-state index in [-0.39, 0.29) is 0 Å². The van der Waals surface area contributed by atoms with Gasteiger partial charge in [-0.3, -0.25) is 0 Å². The SMILES string of the molecule is Fc1cc(F)c(I)c(CBr)c1. The molecule has 0 bridgehead atoms. The van der Waals surface area contributed by atoms with E-state index >= 15 is 0 Å². The molecule has 1 aromatic rings. The lowest BCUT2D eigenvalue weighted by atomic mass is 10.2. The number of hydrogen-bond acceptors (Lipinski definition) is 0. The van der Waals surface area contributed by atoms with Crippen LogP contribution >= 0.6 is 38.5 Å². The molecule has 0 radical (unpaired) electrons. The highest BCUT2D eigenvalue weighted by Gasteiger charge is 2.06. The summed E-state index contributed by atoms with van der Waals surface area (Å²) < 4.78 is 25.8. The van der Waals surface area contributed by atoms with E-state index in [0.29, 0.717) is 14.5 Å². The summed E-state index contributed by atoms with van der Waals surface area (Å²) in [5.74, 6) is -1.03. The second-order valence-electron chi connectivity index (χ2n) is 1.99. The van der Waals surface area contributed by atoms with Crippen LogP contribution in [0, 0.1) is 15.2 Å². The van der Waals surface area contributed by atoms with Crippen LogP contribution in [-0.4, -0.2) is 0 Å². The molecule has 0 unspecified atom stereocenters. The molecule has 1 aromatic carbocycles. The summed E-state index contributed by atoms with van der Waals surface area (Å²) in [5, 5.41) is 0.472. The topological polar surface area (TPSA) is 0 Å². The van der Waals surface area contributed by atoms with E-state index in [4.69, 9.17) is 0 Å². The zero-order valence-corrected chi connectivity index (χ0v) is 9.12. The summed E-state index contributed by atoms with van der Waals surface area (Å²) in [6.45, 7) is 0. The molecule has 0 amide bonds. The molecule has 0 nitrogen and oxygen atoms in total. The third kappa shape index (κ3) is 2.11. The van der Waals surface area contributed by atoms with E-state index in [1.165, 1.54) is 6.07 Å². The highest BCUT2D eigenvalue weighted by molar-refractivity contribution is 14.1. The predicted molar refractivity (Wildman–Crippen MR) is 51.7 cm³/mol. The van der Waals surface area contributed by atoms with Crippen LogP contribution in [0.15, 0.2) is 12.1 Å². The van der Waals surface area contributed by atoms with Crippen molar-refractivity contribution in [2.45, 2.75) is 5.33 Å². The fourth-order valence-corrected chi connectivity index (χ4v) is 2.17. The minimum atomic E-state index is -0.530. The second kappa shape index (κ2) is 3.80. The third-order valence-corrected chi connectivity index (χ3v) is 3.02. The normalized spacial score (nSPS) is 10.2. The summed E-state index contributed by atoms with van der Waals surface area (Å²) in [6, 6.07) is 2.20. The van der Waals surface area contributed by atoms with Gasteiger partial charge in [-0.15, -0.1) is 0 Å². The van der Waals surface area contributed by atoms with Gasteiger partial charge in [-0.2, -0.15) is 0 Å². The molecule has 0 saturated carbocycles. The molecule has 0 aliphatic rings. The molecular formula is C7H4BrF2I. The lowest BCUT2D eigenvalue weighted by molar-refractivity contribution is 0.576. The Labute approximate surface area is 85.3 Å². The first-order valence-corrected chi connectivity index (χ1v) is 5.04. The van der Waals surface area contributed by atoms with Crippen molar-refractivity contribution in [2.24, 2.45) is 0 Å². The summed E-state index contributed by atoms with van der Waals surface area (Å²) in [5.41, 5.74) is 0.642. The van der Waals surface area contributed by atoms with E-state index in [1.807, 2.05) is 22.6 Å². The van der Waals surface area contributed by atoms with Gasteiger partial charge in [0.2, 0.25) is 0 Å². The Hall–Kier alpha value is 0.290. The van der Waals surface area contributed by atoms with Crippen molar-refractivity contribution in [3.05, 3.63) is 32.9 Å². The monoisotopic (exact) mass is 332 g/mol. The maximum atomic E-state index is 12.8. The van der Waals surface area contributed by atoms with Gasteiger partial charge in [-0.1, -0.05) is 15.9 Å². The van der Waals surface area contributed by atoms with Gasteiger partial charge in [0.05, 0.1) is 3.57 Å². The van der Waals surface area contributed by atoms with Crippen molar-refractivity contribution in [1.29, 1.82) is 0 Å². The average Bonchev–Trinajstić information content (AvgIpc) is 1.96. The van der Waals surface area contributed by atoms with Gasteiger partial charge >= 0.3 is 0 Å². The first-order valence-electron chi connectivity index (χ1n) is 2.84. The molecule has 60 valence electrons. The second-order valence-corrected chi connectivity index (χ2v) is 3.63. The lowest BCUT2D eigenvalue weighted by Crippen LogP contribution is -1.91. The highest BCUT2D eigenvalue weighted by Crippen LogP contribution is 2.19. The summed E-state index contributed by atoms with van der Waals surface area (Å²) in [7, 11) is 0. The fraction of sp³-hybridized carbons (Fsp3) is 0.143. The lowest BCUT2D eigenvalue weighted by Gasteiger charge is -2.00. The molecule has 0 fully saturated rings. The smallest absolute Gasteiger partial charge is 0.139 e. The summed E-state index contributed by atoms with van der Waals surface area (Å²) >= 11 is 4.99. The Kier molecular flexibility index (Phi) is 3.24. The fourth-order valence-electron chi connectivity index (χ4n) is 0.707. The van der Waals surface area contributed by atoms with E-state index in [2.05, 4.69) is 15.9 Å². The number of halogens is 4. The van der Waals surface area contributed by atoms with Crippen LogP contribution < -0.4 is 0 Å². The van der Waals surface area contributed by atoms with Crippen LogP contribution in [0.25, 0.3) is 0 Å². The maximum absolute atomic E-state index is 12.8. The highest BCUT2D eigenvalue weighted by atomic mass is 127. The Morgan fingerprint density at radius 1 is 1.36 bits per heavy atom. The molecule has 0 atom stereocenters. The minimum absolute atomic E-state index is 0.472. The van der Waals surface area contributed by atoms with Gasteiger partial charge < -0.3 is 0 Å². The van der Waals surface area contributed by atoms with Gasteiger partial charge in [-0.05, 0) is 34.2 Å². The van der Waals surface area contributed by atoms with E-state index < -0.39 is 11.6 Å². The first-order chi connectivity index (χ1) is 5.15. The Bertz CT molecular complexity index is 275. The average molecular weight is 333 g/mol. The minimum Gasteiger partial charge on any atom is -0.207 e. The number of hydrogen-bond donors (Lipinski definition) is 0.